The van der Waals surface area contributed by atoms with Crippen molar-refractivity contribution in [2.45, 2.75) is 32.8 Å². The third-order valence-electron chi connectivity index (χ3n) is 2.69. The van der Waals surface area contributed by atoms with Gasteiger partial charge in [0.25, 0.3) is 5.56 Å². The first-order valence-corrected chi connectivity index (χ1v) is 6.06. The largest absolute Gasteiger partial charge is 0.394 e. The van der Waals surface area contributed by atoms with E-state index in [4.69, 9.17) is 10.2 Å². The van der Waals surface area contributed by atoms with Gasteiger partial charge in [0.1, 0.15) is 5.82 Å². The van der Waals surface area contributed by atoms with Gasteiger partial charge < -0.3 is 20.5 Å². The number of carbonyl (C=O) groups excluding carboxylic acids is 1. The van der Waals surface area contributed by atoms with Gasteiger partial charge in [0, 0.05) is 24.2 Å². The molecule has 1 heterocycles. The topological polar surface area (TPSA) is 115 Å². The summed E-state index contributed by atoms with van der Waals surface area (Å²) >= 11 is 0. The van der Waals surface area contributed by atoms with E-state index in [1.54, 1.807) is 13.8 Å². The number of aromatic nitrogens is 2. The molecule has 4 N–H and O–H groups in total. The Bertz CT molecular complexity index is 498. The summed E-state index contributed by atoms with van der Waals surface area (Å²) in [7, 11) is 0. The van der Waals surface area contributed by atoms with E-state index < -0.39 is 12.7 Å². The average Bonchev–Trinajstić information content (AvgIpc) is 2.34. The summed E-state index contributed by atoms with van der Waals surface area (Å²) in [6, 6.07) is 0. The van der Waals surface area contributed by atoms with Crippen LogP contribution in [-0.4, -0.2) is 45.3 Å². The highest BCUT2D eigenvalue weighted by Gasteiger charge is 2.10. The lowest BCUT2D eigenvalue weighted by Gasteiger charge is -2.09. The van der Waals surface area contributed by atoms with Crippen LogP contribution in [0.3, 0.4) is 0 Å². The summed E-state index contributed by atoms with van der Waals surface area (Å²) in [4.78, 5) is 29.9. The van der Waals surface area contributed by atoms with E-state index in [1.165, 1.54) is 0 Å². The number of carbonyl (C=O) groups is 1. The molecule has 7 nitrogen and oxygen atoms in total. The Balaban J connectivity index is 2.53. The third-order valence-corrected chi connectivity index (χ3v) is 2.69. The number of hydrogen-bond acceptors (Lipinski definition) is 5. The molecule has 0 aliphatic heterocycles. The van der Waals surface area contributed by atoms with Gasteiger partial charge in [0.2, 0.25) is 5.91 Å². The Morgan fingerprint density at radius 1 is 1.47 bits per heavy atom. The minimum absolute atomic E-state index is 0.00315. The van der Waals surface area contributed by atoms with Gasteiger partial charge in [0.05, 0.1) is 12.7 Å². The lowest BCUT2D eigenvalue weighted by atomic mass is 10.1. The van der Waals surface area contributed by atoms with E-state index in [-0.39, 0.29) is 30.9 Å². The SMILES string of the molecule is Cc1nc(C)c(CCC(=O)NCC(O)CO)c(=O)[nH]1. The van der Waals surface area contributed by atoms with Crippen LogP contribution in [0.2, 0.25) is 0 Å². The monoisotopic (exact) mass is 269 g/mol. The number of aromatic amines is 1. The number of aliphatic hydroxyl groups excluding tert-OH is 2. The fraction of sp³-hybridized carbons (Fsp3) is 0.583. The number of aliphatic hydroxyl groups is 2. The summed E-state index contributed by atoms with van der Waals surface area (Å²) in [5.41, 5.74) is 0.876. The van der Waals surface area contributed by atoms with Gasteiger partial charge in [-0.15, -0.1) is 0 Å². The fourth-order valence-corrected chi connectivity index (χ4v) is 1.67. The molecular formula is C12H19N3O4. The minimum atomic E-state index is -0.963. The Morgan fingerprint density at radius 3 is 2.74 bits per heavy atom. The Labute approximate surface area is 110 Å². The smallest absolute Gasteiger partial charge is 0.254 e. The maximum Gasteiger partial charge on any atom is 0.254 e. The predicted octanol–water partition coefficient (Wildman–Crippen LogP) is -1.21. The summed E-state index contributed by atoms with van der Waals surface area (Å²) in [6.07, 6.45) is -0.544. The van der Waals surface area contributed by atoms with Crippen LogP contribution < -0.4 is 10.9 Å². The van der Waals surface area contributed by atoms with Gasteiger partial charge in [0.15, 0.2) is 0 Å². The van der Waals surface area contributed by atoms with Crippen LogP contribution in [0.25, 0.3) is 0 Å². The number of amides is 1. The first-order chi connectivity index (χ1) is 8.93. The maximum absolute atomic E-state index is 11.7. The molecule has 1 aromatic rings. The Hall–Kier alpha value is -1.73. The third kappa shape index (κ3) is 4.80. The highest BCUT2D eigenvalue weighted by atomic mass is 16.3. The zero-order chi connectivity index (χ0) is 14.4. The van der Waals surface area contributed by atoms with Crippen LogP contribution in [0.5, 0.6) is 0 Å². The molecule has 106 valence electrons. The number of hydrogen-bond donors (Lipinski definition) is 4. The van der Waals surface area contributed by atoms with Crippen LogP contribution in [0.4, 0.5) is 0 Å². The molecule has 0 fully saturated rings. The van der Waals surface area contributed by atoms with Crippen molar-refractivity contribution >= 4 is 5.91 Å². The molecule has 19 heavy (non-hydrogen) atoms. The standard InChI is InChI=1S/C12H19N3O4/c1-7-10(12(19)15-8(2)14-7)3-4-11(18)13-5-9(17)6-16/h9,16-17H,3-6H2,1-2H3,(H,13,18)(H,14,15,19). The minimum Gasteiger partial charge on any atom is -0.394 e. The number of aryl methyl sites for hydroxylation is 2. The van der Waals surface area contributed by atoms with Crippen LogP contribution in [0.15, 0.2) is 4.79 Å². The van der Waals surface area contributed by atoms with Gasteiger partial charge in [-0.25, -0.2) is 4.98 Å². The molecule has 0 bridgehead atoms. The van der Waals surface area contributed by atoms with Crippen molar-refractivity contribution in [1.82, 2.24) is 15.3 Å². The zero-order valence-corrected chi connectivity index (χ0v) is 11.1. The number of rotatable bonds is 6. The fourth-order valence-electron chi connectivity index (χ4n) is 1.67. The van der Waals surface area contributed by atoms with Crippen molar-refractivity contribution in [2.75, 3.05) is 13.2 Å². The molecule has 0 aliphatic rings. The Morgan fingerprint density at radius 2 is 2.16 bits per heavy atom. The molecule has 0 spiro atoms. The maximum atomic E-state index is 11.7. The van der Waals surface area contributed by atoms with E-state index in [1.807, 2.05) is 0 Å². The lowest BCUT2D eigenvalue weighted by Crippen LogP contribution is -2.34. The highest BCUT2D eigenvalue weighted by Crippen LogP contribution is 2.02. The van der Waals surface area contributed by atoms with Gasteiger partial charge in [-0.2, -0.15) is 0 Å². The van der Waals surface area contributed by atoms with Crippen molar-refractivity contribution in [1.29, 1.82) is 0 Å². The highest BCUT2D eigenvalue weighted by molar-refractivity contribution is 5.76. The molecule has 0 saturated carbocycles. The molecular weight excluding hydrogens is 250 g/mol. The summed E-state index contributed by atoms with van der Waals surface area (Å²) in [6.45, 7) is 3.02. The van der Waals surface area contributed by atoms with E-state index >= 15 is 0 Å². The zero-order valence-electron chi connectivity index (χ0n) is 11.1. The average molecular weight is 269 g/mol. The molecule has 1 rings (SSSR count). The molecule has 1 aromatic heterocycles. The van der Waals surface area contributed by atoms with E-state index in [0.29, 0.717) is 17.1 Å². The van der Waals surface area contributed by atoms with Crippen LogP contribution >= 0.6 is 0 Å². The quantitative estimate of drug-likeness (QED) is 0.517. The number of nitrogens with zero attached hydrogens (tertiary/aromatic N) is 1. The number of nitrogens with one attached hydrogen (secondary N) is 2. The predicted molar refractivity (Wildman–Crippen MR) is 68.8 cm³/mol. The molecule has 0 radical (unpaired) electrons. The van der Waals surface area contributed by atoms with Crippen molar-refractivity contribution in [3.05, 3.63) is 27.4 Å². The van der Waals surface area contributed by atoms with Crippen LogP contribution in [0, 0.1) is 13.8 Å². The van der Waals surface area contributed by atoms with Crippen LogP contribution in [0.1, 0.15) is 23.5 Å². The Kier molecular flexibility index (Phi) is 5.65. The molecule has 1 amide bonds. The van der Waals surface area contributed by atoms with E-state index in [0.717, 1.165) is 0 Å². The number of H-pyrrole nitrogens is 1. The van der Waals surface area contributed by atoms with Crippen molar-refractivity contribution in [3.8, 4) is 0 Å². The van der Waals surface area contributed by atoms with Gasteiger partial charge >= 0.3 is 0 Å². The second kappa shape index (κ2) is 7.01. The van der Waals surface area contributed by atoms with Crippen LogP contribution in [-0.2, 0) is 11.2 Å². The summed E-state index contributed by atoms with van der Waals surface area (Å²) in [5, 5.41) is 20.2. The second-order valence-corrected chi connectivity index (χ2v) is 4.36. The van der Waals surface area contributed by atoms with Gasteiger partial charge in [-0.1, -0.05) is 0 Å². The molecule has 7 heteroatoms. The first kappa shape index (κ1) is 15.3. The van der Waals surface area contributed by atoms with Gasteiger partial charge in [-0.3, -0.25) is 9.59 Å². The van der Waals surface area contributed by atoms with Crippen molar-refractivity contribution in [2.24, 2.45) is 0 Å². The van der Waals surface area contributed by atoms with Gasteiger partial charge in [-0.05, 0) is 20.3 Å². The second-order valence-electron chi connectivity index (χ2n) is 4.36. The molecule has 0 saturated heterocycles. The van der Waals surface area contributed by atoms with E-state index in [9.17, 15) is 9.59 Å². The molecule has 1 atom stereocenters. The summed E-state index contributed by atoms with van der Waals surface area (Å²) < 4.78 is 0. The van der Waals surface area contributed by atoms with E-state index in [2.05, 4.69) is 15.3 Å². The van der Waals surface area contributed by atoms with Crippen molar-refractivity contribution in [3.63, 3.8) is 0 Å². The van der Waals surface area contributed by atoms with Crippen molar-refractivity contribution < 1.29 is 15.0 Å². The normalized spacial score (nSPS) is 12.2. The lowest BCUT2D eigenvalue weighted by molar-refractivity contribution is -0.121. The summed E-state index contributed by atoms with van der Waals surface area (Å²) in [5.74, 6) is 0.258. The molecule has 0 aliphatic carbocycles. The molecule has 0 aromatic carbocycles. The first-order valence-electron chi connectivity index (χ1n) is 6.06. The molecule has 1 unspecified atom stereocenters.